The fourth-order valence-electron chi connectivity index (χ4n) is 2.52. The normalized spacial score (nSPS) is 11.7. The third kappa shape index (κ3) is 5.54. The van der Waals surface area contributed by atoms with E-state index in [2.05, 4.69) is 5.32 Å². The smallest absolute Gasteiger partial charge is 0.329 e. The van der Waals surface area contributed by atoms with Crippen LogP contribution in [0.15, 0.2) is 48.5 Å². The number of carbonyl (C=O) groups excluding carboxylic acids is 2. The molecule has 1 atom stereocenters. The van der Waals surface area contributed by atoms with Gasteiger partial charge in [-0.3, -0.25) is 4.79 Å². The van der Waals surface area contributed by atoms with E-state index < -0.39 is 23.7 Å². The highest BCUT2D eigenvalue weighted by Gasteiger charge is 2.27. The van der Waals surface area contributed by atoms with Crippen LogP contribution in [0, 0.1) is 11.7 Å². The number of ether oxygens (including phenoxy) is 2. The average Bonchev–Trinajstić information content (AvgIpc) is 2.65. The first kappa shape index (κ1) is 20.4. The van der Waals surface area contributed by atoms with E-state index in [1.165, 1.54) is 18.2 Å². The molecule has 27 heavy (non-hydrogen) atoms. The largest absolute Gasteiger partial charge is 0.493 e. The molecule has 0 radical (unpaired) electrons. The van der Waals surface area contributed by atoms with E-state index in [9.17, 15) is 14.0 Å². The Labute approximate surface area is 158 Å². The number of hydrogen-bond acceptors (Lipinski definition) is 4. The third-order valence-electron chi connectivity index (χ3n) is 3.97. The Bertz CT molecular complexity index is 791. The summed E-state index contributed by atoms with van der Waals surface area (Å²) in [5, 5.41) is 2.56. The molecule has 2 aromatic carbocycles. The van der Waals surface area contributed by atoms with Crippen molar-refractivity contribution >= 4 is 11.9 Å². The van der Waals surface area contributed by atoms with Crippen molar-refractivity contribution in [3.8, 4) is 5.75 Å². The molecular formula is C21H24FNO4. The molecule has 6 heteroatoms. The lowest BCUT2D eigenvalue weighted by molar-refractivity contribution is -0.148. The number of esters is 1. The number of halogens is 1. The Balaban J connectivity index is 2.05. The van der Waals surface area contributed by atoms with E-state index >= 15 is 0 Å². The lowest BCUT2D eigenvalue weighted by Gasteiger charge is -2.21. The maximum Gasteiger partial charge on any atom is 0.329 e. The molecule has 0 saturated heterocycles. The molecule has 1 N–H and O–H groups in total. The summed E-state index contributed by atoms with van der Waals surface area (Å²) < 4.78 is 24.7. The number of hydrogen-bond donors (Lipinski definition) is 1. The fraction of sp³-hybridized carbons (Fsp3) is 0.333. The summed E-state index contributed by atoms with van der Waals surface area (Å²) in [6.45, 7) is 5.95. The average molecular weight is 373 g/mol. The molecule has 0 bridgehead atoms. The Morgan fingerprint density at radius 3 is 2.41 bits per heavy atom. The van der Waals surface area contributed by atoms with Gasteiger partial charge in [0.25, 0.3) is 5.91 Å². The van der Waals surface area contributed by atoms with E-state index in [1.54, 1.807) is 32.0 Å². The Hall–Kier alpha value is -2.89. The molecule has 0 aliphatic rings. The monoisotopic (exact) mass is 373 g/mol. The van der Waals surface area contributed by atoms with Gasteiger partial charge in [0.15, 0.2) is 0 Å². The van der Waals surface area contributed by atoms with Gasteiger partial charge in [-0.2, -0.15) is 0 Å². The van der Waals surface area contributed by atoms with Crippen molar-refractivity contribution in [2.75, 3.05) is 6.61 Å². The van der Waals surface area contributed by atoms with Crippen molar-refractivity contribution in [1.29, 1.82) is 0 Å². The maximum atomic E-state index is 13.8. The summed E-state index contributed by atoms with van der Waals surface area (Å²) in [5.74, 6) is -1.46. The topological polar surface area (TPSA) is 64.6 Å². The molecule has 144 valence electrons. The maximum absolute atomic E-state index is 13.8. The van der Waals surface area contributed by atoms with Gasteiger partial charge < -0.3 is 14.8 Å². The summed E-state index contributed by atoms with van der Waals surface area (Å²) in [4.78, 5) is 24.8. The summed E-state index contributed by atoms with van der Waals surface area (Å²) in [6.07, 6.45) is 0. The second-order valence-corrected chi connectivity index (χ2v) is 6.32. The molecule has 0 heterocycles. The van der Waals surface area contributed by atoms with Crippen LogP contribution in [0.2, 0.25) is 0 Å². The zero-order chi connectivity index (χ0) is 19.8. The van der Waals surface area contributed by atoms with Gasteiger partial charge in [0.05, 0.1) is 12.2 Å². The third-order valence-corrected chi connectivity index (χ3v) is 3.97. The first-order chi connectivity index (χ1) is 12.9. The second-order valence-electron chi connectivity index (χ2n) is 6.32. The molecule has 0 aliphatic heterocycles. The van der Waals surface area contributed by atoms with Crippen LogP contribution in [0.1, 0.15) is 36.7 Å². The molecule has 2 aromatic rings. The van der Waals surface area contributed by atoms with Gasteiger partial charge in [-0.05, 0) is 31.0 Å². The van der Waals surface area contributed by atoms with Crippen molar-refractivity contribution in [2.24, 2.45) is 5.92 Å². The number of carbonyl (C=O) groups is 2. The Morgan fingerprint density at radius 2 is 1.74 bits per heavy atom. The minimum Gasteiger partial charge on any atom is -0.493 e. The fourth-order valence-corrected chi connectivity index (χ4v) is 2.52. The predicted molar refractivity (Wildman–Crippen MR) is 99.9 cm³/mol. The van der Waals surface area contributed by atoms with Crippen LogP contribution in [-0.2, 0) is 16.1 Å². The molecule has 0 aromatic heterocycles. The van der Waals surface area contributed by atoms with Gasteiger partial charge in [0.2, 0.25) is 0 Å². The highest BCUT2D eigenvalue weighted by Crippen LogP contribution is 2.19. The summed E-state index contributed by atoms with van der Waals surface area (Å²) in [6, 6.07) is 12.0. The summed E-state index contributed by atoms with van der Waals surface area (Å²) in [7, 11) is 0. The predicted octanol–water partition coefficient (Wildman–Crippen LogP) is 3.72. The van der Waals surface area contributed by atoms with E-state index in [0.717, 1.165) is 5.56 Å². The Kier molecular flexibility index (Phi) is 7.34. The lowest BCUT2D eigenvalue weighted by atomic mass is 10.0. The molecular weight excluding hydrogens is 349 g/mol. The zero-order valence-electron chi connectivity index (χ0n) is 15.7. The van der Waals surface area contributed by atoms with E-state index in [0.29, 0.717) is 12.4 Å². The molecule has 0 unspecified atom stereocenters. The van der Waals surface area contributed by atoms with Gasteiger partial charge in [0.1, 0.15) is 24.2 Å². The number of rotatable bonds is 8. The van der Waals surface area contributed by atoms with Gasteiger partial charge >= 0.3 is 5.97 Å². The van der Waals surface area contributed by atoms with Crippen LogP contribution >= 0.6 is 0 Å². The van der Waals surface area contributed by atoms with Crippen LogP contribution < -0.4 is 10.1 Å². The van der Waals surface area contributed by atoms with Crippen LogP contribution in [0.4, 0.5) is 4.39 Å². The van der Waals surface area contributed by atoms with Crippen LogP contribution in [0.5, 0.6) is 5.75 Å². The van der Waals surface area contributed by atoms with Crippen molar-refractivity contribution in [2.45, 2.75) is 33.4 Å². The quantitative estimate of drug-likeness (QED) is 0.716. The van der Waals surface area contributed by atoms with E-state index in [4.69, 9.17) is 9.47 Å². The molecule has 5 nitrogen and oxygen atoms in total. The molecule has 2 rings (SSSR count). The number of benzene rings is 2. The van der Waals surface area contributed by atoms with E-state index in [-0.39, 0.29) is 18.1 Å². The number of nitrogens with one attached hydrogen (secondary N) is 1. The zero-order valence-corrected chi connectivity index (χ0v) is 15.7. The van der Waals surface area contributed by atoms with Crippen molar-refractivity contribution in [1.82, 2.24) is 5.32 Å². The minimum absolute atomic E-state index is 0.0216. The van der Waals surface area contributed by atoms with Gasteiger partial charge in [0, 0.05) is 5.56 Å². The summed E-state index contributed by atoms with van der Waals surface area (Å²) >= 11 is 0. The molecule has 0 fully saturated rings. The molecule has 0 saturated carbocycles. The highest BCUT2D eigenvalue weighted by molar-refractivity contribution is 5.97. The first-order valence-electron chi connectivity index (χ1n) is 8.86. The molecule has 0 aliphatic carbocycles. The SMILES string of the molecule is CCOc1ccccc1COC(=O)[C@@H](NC(=O)c1ccccc1F)C(C)C. The van der Waals surface area contributed by atoms with Crippen molar-refractivity contribution in [3.63, 3.8) is 0 Å². The van der Waals surface area contributed by atoms with Crippen molar-refractivity contribution < 1.29 is 23.5 Å². The Morgan fingerprint density at radius 1 is 1.07 bits per heavy atom. The molecule has 0 spiro atoms. The van der Waals surface area contributed by atoms with Crippen molar-refractivity contribution in [3.05, 3.63) is 65.5 Å². The second kappa shape index (κ2) is 9.71. The summed E-state index contributed by atoms with van der Waals surface area (Å²) in [5.41, 5.74) is 0.619. The lowest BCUT2D eigenvalue weighted by Crippen LogP contribution is -2.45. The number of para-hydroxylation sites is 1. The molecule has 1 amide bonds. The minimum atomic E-state index is -0.892. The van der Waals surface area contributed by atoms with E-state index in [1.807, 2.05) is 19.1 Å². The number of amides is 1. The first-order valence-corrected chi connectivity index (χ1v) is 8.86. The van der Waals surface area contributed by atoms with Gasteiger partial charge in [-0.1, -0.05) is 44.2 Å². The van der Waals surface area contributed by atoms with Crippen LogP contribution in [-0.4, -0.2) is 24.5 Å². The van der Waals surface area contributed by atoms with Gasteiger partial charge in [-0.15, -0.1) is 0 Å². The standard InChI is InChI=1S/C21H24FNO4/c1-4-26-18-12-8-5-9-15(18)13-27-21(25)19(14(2)3)23-20(24)16-10-6-7-11-17(16)22/h5-12,14,19H,4,13H2,1-3H3,(H,23,24)/t19-/m0/s1. The van der Waals surface area contributed by atoms with Crippen LogP contribution in [0.25, 0.3) is 0 Å². The highest BCUT2D eigenvalue weighted by atomic mass is 19.1. The van der Waals surface area contributed by atoms with Gasteiger partial charge in [-0.25, -0.2) is 9.18 Å². The van der Waals surface area contributed by atoms with Crippen LogP contribution in [0.3, 0.4) is 0 Å².